The number of hydrogen-bond donors (Lipinski definition) is 0. The Hall–Kier alpha value is -0.440. The van der Waals surface area contributed by atoms with Crippen molar-refractivity contribution < 1.29 is 8.78 Å². The molecule has 0 aromatic heterocycles. The molecular weight excluding hydrogens is 322 g/mol. The van der Waals surface area contributed by atoms with Crippen LogP contribution in [0, 0.1) is 28.9 Å². The molecule has 0 radical (unpaired) electrons. The van der Waals surface area contributed by atoms with Gasteiger partial charge >= 0.3 is 0 Å². The van der Waals surface area contributed by atoms with Crippen LogP contribution in [0.4, 0.5) is 8.78 Å². The summed E-state index contributed by atoms with van der Waals surface area (Å²) >= 11 is 3.81. The molecule has 20 heavy (non-hydrogen) atoms. The minimum atomic E-state index is -0.744. The summed E-state index contributed by atoms with van der Waals surface area (Å²) in [6.07, 6.45) is 4.13. The summed E-state index contributed by atoms with van der Waals surface area (Å²) in [5, 5.41) is 0. The highest BCUT2D eigenvalue weighted by molar-refractivity contribution is 9.09. The number of alkyl halides is 1. The van der Waals surface area contributed by atoms with Crippen molar-refractivity contribution in [3.63, 3.8) is 0 Å². The van der Waals surface area contributed by atoms with Crippen molar-refractivity contribution in [3.05, 3.63) is 35.4 Å². The van der Waals surface area contributed by atoms with Crippen molar-refractivity contribution in [1.29, 1.82) is 0 Å². The van der Waals surface area contributed by atoms with Gasteiger partial charge in [0.25, 0.3) is 0 Å². The third-order valence-electron chi connectivity index (χ3n) is 4.72. The molecule has 0 saturated heterocycles. The van der Waals surface area contributed by atoms with Gasteiger partial charge < -0.3 is 0 Å². The molecule has 1 aromatic rings. The Bertz CT molecular complexity index is 470. The van der Waals surface area contributed by atoms with Gasteiger partial charge in [0, 0.05) is 4.83 Å². The third-order valence-corrected chi connectivity index (χ3v) is 5.73. The largest absolute Gasteiger partial charge is 0.204 e. The molecule has 3 unspecified atom stereocenters. The summed E-state index contributed by atoms with van der Waals surface area (Å²) in [5.41, 5.74) is 0.455. The first-order valence-electron chi connectivity index (χ1n) is 7.38. The standard InChI is InChI=1S/C17H23BrF2/c1-11-7-8-13(14(18)9-11)17(2,3)10-12-5-4-6-15(19)16(12)20/h4-6,11,13-14H,7-10H2,1-3H3. The highest BCUT2D eigenvalue weighted by Gasteiger charge is 2.38. The monoisotopic (exact) mass is 344 g/mol. The maximum atomic E-state index is 13.9. The van der Waals surface area contributed by atoms with Crippen LogP contribution in [-0.2, 0) is 6.42 Å². The molecule has 0 aliphatic heterocycles. The summed E-state index contributed by atoms with van der Waals surface area (Å²) in [4.78, 5) is 0.470. The maximum Gasteiger partial charge on any atom is 0.162 e. The molecule has 112 valence electrons. The van der Waals surface area contributed by atoms with Gasteiger partial charge in [-0.2, -0.15) is 0 Å². The smallest absolute Gasteiger partial charge is 0.162 e. The number of benzene rings is 1. The molecule has 3 heteroatoms. The van der Waals surface area contributed by atoms with E-state index in [0.717, 1.165) is 12.3 Å². The van der Waals surface area contributed by atoms with Crippen molar-refractivity contribution in [3.8, 4) is 0 Å². The van der Waals surface area contributed by atoms with Crippen LogP contribution < -0.4 is 0 Å². The molecule has 0 N–H and O–H groups in total. The Labute approximate surface area is 129 Å². The molecule has 1 fully saturated rings. The van der Waals surface area contributed by atoms with Gasteiger partial charge in [0.1, 0.15) is 0 Å². The average Bonchev–Trinajstić information content (AvgIpc) is 2.34. The second-order valence-electron chi connectivity index (χ2n) is 6.92. The van der Waals surface area contributed by atoms with Crippen molar-refractivity contribution in [2.75, 3.05) is 0 Å². The lowest BCUT2D eigenvalue weighted by atomic mass is 9.66. The molecular formula is C17H23BrF2. The summed E-state index contributed by atoms with van der Waals surface area (Å²) in [7, 11) is 0. The third kappa shape index (κ3) is 3.41. The average molecular weight is 345 g/mol. The molecule has 0 heterocycles. The van der Waals surface area contributed by atoms with E-state index in [1.165, 1.54) is 18.9 Å². The maximum absolute atomic E-state index is 13.9. The molecule has 0 amide bonds. The molecule has 0 spiro atoms. The first-order chi connectivity index (χ1) is 9.31. The molecule has 0 bridgehead atoms. The highest BCUT2D eigenvalue weighted by atomic mass is 79.9. The predicted molar refractivity (Wildman–Crippen MR) is 83.1 cm³/mol. The van der Waals surface area contributed by atoms with Crippen molar-refractivity contribution in [2.24, 2.45) is 17.3 Å². The van der Waals surface area contributed by atoms with Crippen LogP contribution in [0.3, 0.4) is 0 Å². The molecule has 2 rings (SSSR count). The summed E-state index contributed by atoms with van der Waals surface area (Å²) in [6, 6.07) is 4.48. The van der Waals surface area contributed by atoms with E-state index >= 15 is 0 Å². The van der Waals surface area contributed by atoms with Gasteiger partial charge in [0.2, 0.25) is 0 Å². The van der Waals surface area contributed by atoms with E-state index in [4.69, 9.17) is 0 Å². The van der Waals surface area contributed by atoms with Gasteiger partial charge in [-0.3, -0.25) is 0 Å². The van der Waals surface area contributed by atoms with E-state index in [2.05, 4.69) is 36.7 Å². The van der Waals surface area contributed by atoms with Crippen molar-refractivity contribution in [1.82, 2.24) is 0 Å². The minimum absolute atomic E-state index is 0.0388. The summed E-state index contributed by atoms with van der Waals surface area (Å²) in [6.45, 7) is 6.63. The first-order valence-corrected chi connectivity index (χ1v) is 8.30. The fraction of sp³-hybridized carbons (Fsp3) is 0.647. The number of rotatable bonds is 3. The topological polar surface area (TPSA) is 0 Å². The summed E-state index contributed by atoms with van der Waals surface area (Å²) < 4.78 is 27.2. The molecule has 1 aliphatic carbocycles. The Morgan fingerprint density at radius 1 is 1.25 bits per heavy atom. The lowest BCUT2D eigenvalue weighted by Gasteiger charge is -2.42. The molecule has 1 saturated carbocycles. The van der Waals surface area contributed by atoms with Crippen LogP contribution in [0.25, 0.3) is 0 Å². The van der Waals surface area contributed by atoms with Crippen LogP contribution in [0.5, 0.6) is 0 Å². The first kappa shape index (κ1) is 15.9. The quantitative estimate of drug-likeness (QED) is 0.614. The van der Waals surface area contributed by atoms with E-state index in [0.29, 0.717) is 22.7 Å². The zero-order chi connectivity index (χ0) is 14.9. The van der Waals surface area contributed by atoms with Gasteiger partial charge in [-0.1, -0.05) is 55.3 Å². The molecule has 1 aliphatic rings. The predicted octanol–water partition coefficient (Wildman–Crippen LogP) is 5.73. The van der Waals surface area contributed by atoms with E-state index in [1.807, 2.05) is 0 Å². The lowest BCUT2D eigenvalue weighted by Crippen LogP contribution is -2.37. The zero-order valence-corrected chi connectivity index (χ0v) is 14.0. The fourth-order valence-electron chi connectivity index (χ4n) is 3.50. The van der Waals surface area contributed by atoms with Gasteiger partial charge in [-0.25, -0.2) is 8.78 Å². The summed E-state index contributed by atoms with van der Waals surface area (Å²) in [5.74, 6) is -0.180. The Morgan fingerprint density at radius 3 is 2.60 bits per heavy atom. The molecule has 1 aromatic carbocycles. The fourth-order valence-corrected chi connectivity index (χ4v) is 5.12. The second-order valence-corrected chi connectivity index (χ2v) is 8.10. The van der Waals surface area contributed by atoms with E-state index in [1.54, 1.807) is 12.1 Å². The number of hydrogen-bond acceptors (Lipinski definition) is 0. The van der Waals surface area contributed by atoms with Crippen molar-refractivity contribution >= 4 is 15.9 Å². The number of halogens is 3. The Balaban J connectivity index is 2.16. The van der Waals surface area contributed by atoms with Crippen LogP contribution in [-0.4, -0.2) is 4.83 Å². The highest BCUT2D eigenvalue weighted by Crippen LogP contribution is 2.45. The Kier molecular flexibility index (Phi) is 4.88. The lowest BCUT2D eigenvalue weighted by molar-refractivity contribution is 0.145. The second kappa shape index (κ2) is 6.13. The minimum Gasteiger partial charge on any atom is -0.204 e. The molecule has 0 nitrogen and oxygen atoms in total. The van der Waals surface area contributed by atoms with Crippen molar-refractivity contribution in [2.45, 2.75) is 51.3 Å². The SMILES string of the molecule is CC1CCC(C(C)(C)Cc2cccc(F)c2F)C(Br)C1. The van der Waals surface area contributed by atoms with Gasteiger partial charge in [-0.15, -0.1) is 0 Å². The van der Waals surface area contributed by atoms with Crippen LogP contribution in [0.2, 0.25) is 0 Å². The van der Waals surface area contributed by atoms with Gasteiger partial charge in [-0.05, 0) is 48.1 Å². The normalized spacial score (nSPS) is 27.6. The van der Waals surface area contributed by atoms with Gasteiger partial charge in [0.15, 0.2) is 11.6 Å². The van der Waals surface area contributed by atoms with E-state index in [-0.39, 0.29) is 5.41 Å². The molecule has 3 atom stereocenters. The van der Waals surface area contributed by atoms with E-state index in [9.17, 15) is 8.78 Å². The van der Waals surface area contributed by atoms with Gasteiger partial charge in [0.05, 0.1) is 0 Å². The van der Waals surface area contributed by atoms with Crippen LogP contribution >= 0.6 is 15.9 Å². The Morgan fingerprint density at radius 2 is 1.95 bits per heavy atom. The van der Waals surface area contributed by atoms with Crippen LogP contribution in [0.1, 0.15) is 45.6 Å². The van der Waals surface area contributed by atoms with Crippen LogP contribution in [0.15, 0.2) is 18.2 Å². The zero-order valence-electron chi connectivity index (χ0n) is 12.4. The van der Waals surface area contributed by atoms with E-state index < -0.39 is 11.6 Å².